The van der Waals surface area contributed by atoms with Crippen molar-refractivity contribution in [3.8, 4) is 11.3 Å². The summed E-state index contributed by atoms with van der Waals surface area (Å²) in [4.78, 5) is 29.0. The van der Waals surface area contributed by atoms with Crippen LogP contribution in [-0.2, 0) is 21.5 Å². The maximum absolute atomic E-state index is 12.8. The third-order valence-electron chi connectivity index (χ3n) is 5.24. The van der Waals surface area contributed by atoms with E-state index in [0.717, 1.165) is 17.7 Å². The van der Waals surface area contributed by atoms with Crippen LogP contribution in [0.3, 0.4) is 0 Å². The van der Waals surface area contributed by atoms with E-state index in [9.17, 15) is 9.59 Å². The largest absolute Gasteiger partial charge is 0.398 e. The average molecular weight is 454 g/mol. The van der Waals surface area contributed by atoms with E-state index < -0.39 is 0 Å². The third kappa shape index (κ3) is 5.76. The first-order chi connectivity index (χ1) is 15.2. The summed E-state index contributed by atoms with van der Waals surface area (Å²) in [6.45, 7) is 9.61. The lowest BCUT2D eigenvalue weighted by Gasteiger charge is -2.19. The van der Waals surface area contributed by atoms with E-state index in [2.05, 4.69) is 60.7 Å². The van der Waals surface area contributed by atoms with Gasteiger partial charge in [-0.15, -0.1) is 11.3 Å². The van der Waals surface area contributed by atoms with Crippen LogP contribution in [0.5, 0.6) is 0 Å². The highest BCUT2D eigenvalue weighted by Gasteiger charge is 2.17. The van der Waals surface area contributed by atoms with E-state index in [1.54, 1.807) is 12.3 Å². The smallest absolute Gasteiger partial charge is 0.279 e. The van der Waals surface area contributed by atoms with Gasteiger partial charge >= 0.3 is 0 Å². The molecular weight excluding hydrogens is 422 g/mol. The average Bonchev–Trinajstić information content (AvgIpc) is 3.13. The summed E-state index contributed by atoms with van der Waals surface area (Å²) in [6, 6.07) is 8.49. The zero-order chi connectivity index (χ0) is 23.3. The maximum atomic E-state index is 12.8. The molecule has 1 aromatic carbocycles. The van der Waals surface area contributed by atoms with Crippen molar-refractivity contribution >= 4 is 23.2 Å². The number of allylic oxidation sites excluding steroid dienone is 1. The number of thiazole rings is 1. The molecule has 2 amide bonds. The van der Waals surface area contributed by atoms with Gasteiger partial charge in [-0.25, -0.2) is 0 Å². The molecular formula is C24H31N5O2S. The Balaban J connectivity index is 1.97. The molecule has 1 aromatic heterocycles. The van der Waals surface area contributed by atoms with E-state index in [0.29, 0.717) is 35.7 Å². The number of hydrogen-bond donors (Lipinski definition) is 3. The summed E-state index contributed by atoms with van der Waals surface area (Å²) >= 11 is 1.42. The van der Waals surface area contributed by atoms with Crippen LogP contribution in [0.1, 0.15) is 39.7 Å². The first-order valence-electron chi connectivity index (χ1n) is 10.7. The molecule has 8 heteroatoms. The van der Waals surface area contributed by atoms with Crippen LogP contribution in [0, 0.1) is 0 Å². The molecule has 7 nitrogen and oxygen atoms in total. The van der Waals surface area contributed by atoms with Crippen LogP contribution in [-0.4, -0.2) is 29.5 Å². The Kier molecular flexibility index (Phi) is 7.35. The number of dihydropyridines is 1. The molecule has 0 saturated heterocycles. The molecule has 0 unspecified atom stereocenters. The molecule has 0 atom stereocenters. The Hall–Kier alpha value is -3.13. The van der Waals surface area contributed by atoms with Gasteiger partial charge in [-0.05, 0) is 35.2 Å². The molecule has 170 valence electrons. The SMILES string of the molecule is CC(=O)NCCCn1c(-c2ccc(C(C)(C)C)cc2)csc1=NC(=O)C1=C(N)C=CNC1. The number of nitrogens with two attached hydrogens (primary N) is 1. The molecule has 0 saturated carbocycles. The normalized spacial score (nSPS) is 14.4. The first kappa shape index (κ1) is 23.5. The number of benzene rings is 1. The van der Waals surface area contributed by atoms with E-state index >= 15 is 0 Å². The van der Waals surface area contributed by atoms with Gasteiger partial charge in [-0.1, -0.05) is 45.0 Å². The molecule has 0 bridgehead atoms. The van der Waals surface area contributed by atoms with E-state index in [1.165, 1.54) is 23.8 Å². The third-order valence-corrected chi connectivity index (χ3v) is 6.10. The molecule has 2 aromatic rings. The van der Waals surface area contributed by atoms with Crippen molar-refractivity contribution in [2.45, 2.75) is 46.1 Å². The van der Waals surface area contributed by atoms with Gasteiger partial charge in [0.1, 0.15) is 0 Å². The fraction of sp³-hybridized carbons (Fsp3) is 0.375. The van der Waals surface area contributed by atoms with E-state index in [1.807, 2.05) is 9.95 Å². The van der Waals surface area contributed by atoms with E-state index in [-0.39, 0.29) is 17.2 Å². The number of carbonyl (C=O) groups is 2. The molecule has 0 radical (unpaired) electrons. The minimum absolute atomic E-state index is 0.0568. The van der Waals surface area contributed by atoms with Crippen molar-refractivity contribution in [1.82, 2.24) is 15.2 Å². The van der Waals surface area contributed by atoms with Gasteiger partial charge in [0.25, 0.3) is 5.91 Å². The van der Waals surface area contributed by atoms with Gasteiger partial charge < -0.3 is 20.9 Å². The minimum Gasteiger partial charge on any atom is -0.398 e. The highest BCUT2D eigenvalue weighted by atomic mass is 32.1. The Morgan fingerprint density at radius 1 is 1.25 bits per heavy atom. The van der Waals surface area contributed by atoms with Crippen molar-refractivity contribution in [2.75, 3.05) is 13.1 Å². The highest BCUT2D eigenvalue weighted by Crippen LogP contribution is 2.26. The predicted molar refractivity (Wildman–Crippen MR) is 129 cm³/mol. The number of rotatable bonds is 6. The van der Waals surface area contributed by atoms with E-state index in [4.69, 9.17) is 5.73 Å². The van der Waals surface area contributed by atoms with Crippen molar-refractivity contribution in [2.24, 2.45) is 10.7 Å². The van der Waals surface area contributed by atoms with Gasteiger partial charge in [-0.2, -0.15) is 4.99 Å². The molecule has 0 fully saturated rings. The summed E-state index contributed by atoms with van der Waals surface area (Å²) in [5, 5.41) is 7.85. The van der Waals surface area contributed by atoms with Crippen LogP contribution in [0.2, 0.25) is 0 Å². The molecule has 1 aliphatic heterocycles. The van der Waals surface area contributed by atoms with Crippen LogP contribution < -0.4 is 21.2 Å². The van der Waals surface area contributed by atoms with Crippen molar-refractivity contribution < 1.29 is 9.59 Å². The monoisotopic (exact) mass is 453 g/mol. The first-order valence-corrected chi connectivity index (χ1v) is 11.6. The maximum Gasteiger partial charge on any atom is 0.279 e. The van der Waals surface area contributed by atoms with Crippen molar-refractivity contribution in [3.05, 3.63) is 63.6 Å². The van der Waals surface area contributed by atoms with Crippen LogP contribution in [0.4, 0.5) is 0 Å². The Bertz CT molecular complexity index is 1110. The number of aromatic nitrogens is 1. The topological polar surface area (TPSA) is 102 Å². The lowest BCUT2D eigenvalue weighted by Crippen LogP contribution is -2.27. The second-order valence-corrected chi connectivity index (χ2v) is 9.62. The second kappa shape index (κ2) is 9.99. The van der Waals surface area contributed by atoms with Gasteiger partial charge in [0.05, 0.1) is 11.3 Å². The molecule has 1 aliphatic rings. The Morgan fingerprint density at radius 2 is 1.97 bits per heavy atom. The van der Waals surface area contributed by atoms with Crippen LogP contribution >= 0.6 is 11.3 Å². The molecule has 32 heavy (non-hydrogen) atoms. The predicted octanol–water partition coefficient (Wildman–Crippen LogP) is 2.80. The fourth-order valence-corrected chi connectivity index (χ4v) is 4.31. The number of nitrogens with one attached hydrogen (secondary N) is 2. The molecule has 0 spiro atoms. The van der Waals surface area contributed by atoms with Crippen LogP contribution in [0.15, 0.2) is 58.2 Å². The second-order valence-electron chi connectivity index (χ2n) is 8.78. The van der Waals surface area contributed by atoms with Gasteiger partial charge in [-0.3, -0.25) is 9.59 Å². The standard InChI is InChI=1S/C24H31N5O2S/c1-16(30)27-11-5-13-29-21(17-6-8-18(9-7-17)24(2,3)4)15-32-23(29)28-22(31)19-14-26-12-10-20(19)25/h6-10,12,15,26H,5,11,13-14,25H2,1-4H3,(H,27,30). The molecule has 4 N–H and O–H groups in total. The molecule has 2 heterocycles. The zero-order valence-electron chi connectivity index (χ0n) is 19.1. The lowest BCUT2D eigenvalue weighted by atomic mass is 9.86. The van der Waals surface area contributed by atoms with Crippen molar-refractivity contribution in [1.29, 1.82) is 0 Å². The Labute approximate surface area is 192 Å². The highest BCUT2D eigenvalue weighted by molar-refractivity contribution is 7.07. The lowest BCUT2D eigenvalue weighted by molar-refractivity contribution is -0.119. The number of carbonyl (C=O) groups excluding carboxylic acids is 2. The summed E-state index contributed by atoms with van der Waals surface area (Å²) in [5.41, 5.74) is 10.3. The number of nitrogens with zero attached hydrogens (tertiary/aromatic N) is 2. The van der Waals surface area contributed by atoms with Crippen LogP contribution in [0.25, 0.3) is 11.3 Å². The summed E-state index contributed by atoms with van der Waals surface area (Å²) in [5.74, 6) is -0.398. The molecule has 0 aliphatic carbocycles. The summed E-state index contributed by atoms with van der Waals surface area (Å²) in [6.07, 6.45) is 4.11. The molecule has 3 rings (SSSR count). The fourth-order valence-electron chi connectivity index (χ4n) is 3.37. The van der Waals surface area contributed by atoms with Gasteiger partial charge in [0, 0.05) is 37.6 Å². The Morgan fingerprint density at radius 3 is 2.59 bits per heavy atom. The van der Waals surface area contributed by atoms with Gasteiger partial charge in [0.15, 0.2) is 4.80 Å². The van der Waals surface area contributed by atoms with Gasteiger partial charge in [0.2, 0.25) is 5.91 Å². The zero-order valence-corrected chi connectivity index (χ0v) is 19.9. The minimum atomic E-state index is -0.341. The quantitative estimate of drug-likeness (QED) is 0.586. The number of hydrogen-bond acceptors (Lipinski definition) is 5. The summed E-state index contributed by atoms with van der Waals surface area (Å²) < 4.78 is 2.04. The summed E-state index contributed by atoms with van der Waals surface area (Å²) in [7, 11) is 0. The number of amides is 2. The van der Waals surface area contributed by atoms with Crippen molar-refractivity contribution in [3.63, 3.8) is 0 Å².